The van der Waals surface area contributed by atoms with Crippen LogP contribution in [0, 0.1) is 18.8 Å². The van der Waals surface area contributed by atoms with E-state index in [1.54, 1.807) is 11.8 Å². The number of amides is 1. The van der Waals surface area contributed by atoms with Crippen molar-refractivity contribution in [1.29, 1.82) is 0 Å². The van der Waals surface area contributed by atoms with Crippen LogP contribution in [0.25, 0.3) is 0 Å². The number of aromatic nitrogens is 2. The Kier molecular flexibility index (Phi) is 5.11. The molecule has 24 heavy (non-hydrogen) atoms. The molecule has 1 aliphatic heterocycles. The Labute approximate surface area is 148 Å². The van der Waals surface area contributed by atoms with E-state index in [-0.39, 0.29) is 40.9 Å². The first-order chi connectivity index (χ1) is 10.7. The van der Waals surface area contributed by atoms with Gasteiger partial charge >= 0.3 is 0 Å². The third-order valence-electron chi connectivity index (χ3n) is 5.22. The summed E-state index contributed by atoms with van der Waals surface area (Å²) in [6, 6.07) is 0.179. The highest BCUT2D eigenvalue weighted by molar-refractivity contribution is 5.95. The van der Waals surface area contributed by atoms with Gasteiger partial charge in [-0.1, -0.05) is 20.8 Å². The minimum atomic E-state index is -0.339. The normalized spacial score (nSPS) is 26.2. The predicted molar refractivity (Wildman–Crippen MR) is 95.6 cm³/mol. The van der Waals surface area contributed by atoms with Gasteiger partial charge in [-0.15, -0.1) is 12.4 Å². The predicted octanol–water partition coefficient (Wildman–Crippen LogP) is 1.61. The van der Waals surface area contributed by atoms with E-state index in [1.807, 2.05) is 20.8 Å². The Hall–Kier alpha value is -1.40. The average molecular weight is 355 g/mol. The maximum atomic E-state index is 12.8. The number of rotatable bonds is 1. The third kappa shape index (κ3) is 3.22. The second-order valence-corrected chi connectivity index (χ2v) is 8.00. The molecule has 0 radical (unpaired) electrons. The molecular weight excluding hydrogens is 328 g/mol. The number of nitrogens with two attached hydrogens (primary N) is 1. The van der Waals surface area contributed by atoms with Gasteiger partial charge in [-0.2, -0.15) is 0 Å². The molecule has 0 spiro atoms. The molecule has 0 bridgehead atoms. The van der Waals surface area contributed by atoms with Gasteiger partial charge in [0.2, 0.25) is 0 Å². The van der Waals surface area contributed by atoms with Crippen LogP contribution in [0.1, 0.15) is 55.5 Å². The monoisotopic (exact) mass is 354 g/mol. The Balaban J connectivity index is 0.00000208. The zero-order chi connectivity index (χ0) is 16.9. The summed E-state index contributed by atoms with van der Waals surface area (Å²) in [6.45, 7) is 9.04. The highest BCUT2D eigenvalue weighted by Gasteiger charge is 2.43. The molecule has 1 saturated heterocycles. The van der Waals surface area contributed by atoms with E-state index in [1.165, 1.54) is 0 Å². The lowest BCUT2D eigenvalue weighted by Gasteiger charge is -2.21. The van der Waals surface area contributed by atoms with E-state index < -0.39 is 0 Å². The number of likely N-dealkylation sites (tertiary alicyclic amines) is 1. The van der Waals surface area contributed by atoms with Gasteiger partial charge in [-0.25, -0.2) is 4.98 Å². The van der Waals surface area contributed by atoms with Crippen LogP contribution in [-0.4, -0.2) is 39.9 Å². The van der Waals surface area contributed by atoms with Crippen molar-refractivity contribution in [3.63, 3.8) is 0 Å². The number of H-pyrrole nitrogens is 1. The number of nitrogens with zero attached hydrogens (tertiary/aromatic N) is 2. The summed E-state index contributed by atoms with van der Waals surface area (Å²) in [5.74, 6) is 1.26. The molecule has 3 N–H and O–H groups in total. The van der Waals surface area contributed by atoms with Gasteiger partial charge in [-0.05, 0) is 31.6 Å². The van der Waals surface area contributed by atoms with E-state index in [4.69, 9.17) is 5.73 Å². The number of aryl methyl sites for hydroxylation is 1. The Bertz CT molecular complexity index is 695. The maximum Gasteiger partial charge on any atom is 0.264 e. The molecule has 6 nitrogen and oxygen atoms in total. The Morgan fingerprint density at radius 1 is 1.29 bits per heavy atom. The van der Waals surface area contributed by atoms with Crippen LogP contribution < -0.4 is 11.3 Å². The van der Waals surface area contributed by atoms with Crippen molar-refractivity contribution in [2.75, 3.05) is 13.1 Å². The van der Waals surface area contributed by atoms with Crippen LogP contribution in [0.3, 0.4) is 0 Å². The largest absolute Gasteiger partial charge is 0.338 e. The fourth-order valence-corrected chi connectivity index (χ4v) is 3.82. The average Bonchev–Trinajstić information content (AvgIpc) is 2.99. The first kappa shape index (κ1) is 18.9. The zero-order valence-electron chi connectivity index (χ0n) is 14.8. The highest BCUT2D eigenvalue weighted by Crippen LogP contribution is 2.37. The first-order valence-electron chi connectivity index (χ1n) is 8.34. The Morgan fingerprint density at radius 2 is 1.96 bits per heavy atom. The van der Waals surface area contributed by atoms with Crippen molar-refractivity contribution in [2.45, 2.75) is 52.0 Å². The number of carbonyl (C=O) groups excluding carboxylic acids is 1. The van der Waals surface area contributed by atoms with Gasteiger partial charge in [0.1, 0.15) is 11.4 Å². The number of carbonyl (C=O) groups is 1. The fraction of sp³-hybridized carbons (Fsp3) is 0.706. The van der Waals surface area contributed by atoms with Gasteiger partial charge in [-0.3, -0.25) is 9.59 Å². The molecule has 3 rings (SSSR count). The van der Waals surface area contributed by atoms with Crippen molar-refractivity contribution < 1.29 is 4.79 Å². The third-order valence-corrected chi connectivity index (χ3v) is 5.22. The molecule has 0 aromatic carbocycles. The van der Waals surface area contributed by atoms with E-state index in [0.717, 1.165) is 12.8 Å². The minimum absolute atomic E-state index is 0. The summed E-state index contributed by atoms with van der Waals surface area (Å²) < 4.78 is 0. The van der Waals surface area contributed by atoms with Crippen LogP contribution in [0.4, 0.5) is 0 Å². The lowest BCUT2D eigenvalue weighted by Crippen LogP contribution is -2.37. The van der Waals surface area contributed by atoms with Crippen LogP contribution in [-0.2, 0) is 5.41 Å². The molecule has 7 heteroatoms. The number of hydrogen-bond acceptors (Lipinski definition) is 4. The second-order valence-electron chi connectivity index (χ2n) is 8.00. The van der Waals surface area contributed by atoms with Crippen LogP contribution in [0.2, 0.25) is 0 Å². The summed E-state index contributed by atoms with van der Waals surface area (Å²) in [6.07, 6.45) is 2.12. The molecule has 134 valence electrons. The highest BCUT2D eigenvalue weighted by atomic mass is 35.5. The number of nitrogens with one attached hydrogen (secondary N) is 1. The van der Waals surface area contributed by atoms with Crippen LogP contribution in [0.5, 0.6) is 0 Å². The number of halogens is 1. The lowest BCUT2D eigenvalue weighted by atomic mass is 9.95. The molecular formula is C17H27ClN4O2. The summed E-state index contributed by atoms with van der Waals surface area (Å²) in [5.41, 5.74) is 6.21. The summed E-state index contributed by atoms with van der Waals surface area (Å²) in [7, 11) is 0. The number of aromatic amines is 1. The van der Waals surface area contributed by atoms with Crippen molar-refractivity contribution in [3.05, 3.63) is 27.4 Å². The number of hydrogen-bond donors (Lipinski definition) is 2. The second kappa shape index (κ2) is 6.48. The van der Waals surface area contributed by atoms with E-state index >= 15 is 0 Å². The van der Waals surface area contributed by atoms with Gasteiger partial charge < -0.3 is 15.6 Å². The molecule has 1 amide bonds. The minimum Gasteiger partial charge on any atom is -0.338 e. The molecule has 1 saturated carbocycles. The molecule has 3 atom stereocenters. The molecule has 2 heterocycles. The van der Waals surface area contributed by atoms with Gasteiger partial charge in [0.25, 0.3) is 11.5 Å². The molecule has 2 aliphatic rings. The van der Waals surface area contributed by atoms with Gasteiger partial charge in [0, 0.05) is 24.5 Å². The van der Waals surface area contributed by atoms with Crippen molar-refractivity contribution >= 4 is 18.3 Å². The summed E-state index contributed by atoms with van der Waals surface area (Å²) >= 11 is 0. The Morgan fingerprint density at radius 3 is 2.50 bits per heavy atom. The molecule has 1 aromatic rings. The standard InChI is InChI=1S/C17H26N4O2.ClH/c1-9-13(14(22)20-16(19-9)17(2,3)4)15(23)21-7-10-5-6-12(18)11(10)8-21;/h10-12H,5-8,18H2,1-4H3,(H,19,20,22);1H. The molecule has 3 unspecified atom stereocenters. The topological polar surface area (TPSA) is 92.1 Å². The van der Waals surface area contributed by atoms with Gasteiger partial charge in [0.05, 0.1) is 5.69 Å². The van der Waals surface area contributed by atoms with Crippen molar-refractivity contribution in [1.82, 2.24) is 14.9 Å². The zero-order valence-corrected chi connectivity index (χ0v) is 15.6. The lowest BCUT2D eigenvalue weighted by molar-refractivity contribution is 0.0776. The van der Waals surface area contributed by atoms with Crippen LogP contribution in [0.15, 0.2) is 4.79 Å². The number of fused-ring (bicyclic) bond motifs is 1. The van der Waals surface area contributed by atoms with Crippen molar-refractivity contribution in [2.24, 2.45) is 17.6 Å². The molecule has 1 aliphatic carbocycles. The van der Waals surface area contributed by atoms with E-state index in [0.29, 0.717) is 36.4 Å². The van der Waals surface area contributed by atoms with Crippen LogP contribution >= 0.6 is 12.4 Å². The first-order valence-corrected chi connectivity index (χ1v) is 8.34. The molecule has 2 fully saturated rings. The fourth-order valence-electron chi connectivity index (χ4n) is 3.82. The maximum absolute atomic E-state index is 12.8. The summed E-state index contributed by atoms with van der Waals surface area (Å²) in [5, 5.41) is 0. The molecule has 1 aromatic heterocycles. The smallest absolute Gasteiger partial charge is 0.264 e. The van der Waals surface area contributed by atoms with E-state index in [9.17, 15) is 9.59 Å². The van der Waals surface area contributed by atoms with Gasteiger partial charge in [0.15, 0.2) is 0 Å². The van der Waals surface area contributed by atoms with Crippen molar-refractivity contribution in [3.8, 4) is 0 Å². The van der Waals surface area contributed by atoms with E-state index in [2.05, 4.69) is 9.97 Å². The quantitative estimate of drug-likeness (QED) is 0.801. The SMILES string of the molecule is Cc1nc(C(C)(C)C)[nH]c(=O)c1C(=O)N1CC2CCC(N)C2C1.Cl. The summed E-state index contributed by atoms with van der Waals surface area (Å²) in [4.78, 5) is 34.3.